The quantitative estimate of drug-likeness (QED) is 0.579. The number of nitrogens with one attached hydrogen (secondary N) is 1. The Bertz CT molecular complexity index is 247. The zero-order valence-electron chi connectivity index (χ0n) is 5.22. The Hall–Kier alpha value is -0.770. The van der Waals surface area contributed by atoms with Crippen molar-refractivity contribution in [1.82, 2.24) is 9.55 Å². The van der Waals surface area contributed by atoms with Crippen LogP contribution in [0.5, 0.6) is 0 Å². The van der Waals surface area contributed by atoms with Gasteiger partial charge in [-0.2, -0.15) is 0 Å². The molecule has 3 N–H and O–H groups in total. The molecule has 0 amide bonds. The largest absolute Gasteiger partial charge is 0.384 e. The van der Waals surface area contributed by atoms with Crippen molar-refractivity contribution in [3.05, 3.63) is 11.0 Å². The lowest BCUT2D eigenvalue weighted by Crippen LogP contribution is -1.99. The molecular formula is C5H9N3S. The molecule has 1 aromatic rings. The molecule has 0 saturated carbocycles. The molecule has 9 heavy (non-hydrogen) atoms. The molecule has 0 spiro atoms. The van der Waals surface area contributed by atoms with E-state index in [1.807, 2.05) is 11.5 Å². The van der Waals surface area contributed by atoms with Crippen LogP contribution in [0.25, 0.3) is 0 Å². The summed E-state index contributed by atoms with van der Waals surface area (Å²) in [4.78, 5) is 2.84. The van der Waals surface area contributed by atoms with Gasteiger partial charge < -0.3 is 15.3 Å². The zero-order chi connectivity index (χ0) is 6.85. The highest BCUT2D eigenvalue weighted by atomic mass is 32.1. The van der Waals surface area contributed by atoms with Gasteiger partial charge in [0.25, 0.3) is 0 Å². The molecule has 0 unspecified atom stereocenters. The molecule has 1 aromatic heterocycles. The van der Waals surface area contributed by atoms with E-state index in [4.69, 9.17) is 18.0 Å². The Morgan fingerprint density at radius 3 is 2.78 bits per heavy atom. The van der Waals surface area contributed by atoms with Gasteiger partial charge in [-0.1, -0.05) is 0 Å². The Labute approximate surface area is 58.5 Å². The maximum absolute atomic E-state index is 5.52. The van der Waals surface area contributed by atoms with Gasteiger partial charge in [-0.25, -0.2) is 0 Å². The van der Waals surface area contributed by atoms with Crippen LogP contribution >= 0.6 is 12.2 Å². The van der Waals surface area contributed by atoms with Gasteiger partial charge in [0.05, 0.1) is 0 Å². The molecule has 0 bridgehead atoms. The van der Waals surface area contributed by atoms with Gasteiger partial charge >= 0.3 is 0 Å². The molecule has 0 radical (unpaired) electrons. The monoisotopic (exact) mass is 143 g/mol. The predicted molar refractivity (Wildman–Crippen MR) is 39.7 cm³/mol. The molecule has 0 aliphatic heterocycles. The third-order valence-corrected chi connectivity index (χ3v) is 1.55. The summed E-state index contributed by atoms with van der Waals surface area (Å²) < 4.78 is 2.52. The summed E-state index contributed by atoms with van der Waals surface area (Å²) in [6.07, 6.45) is 1.70. The van der Waals surface area contributed by atoms with Gasteiger partial charge in [0.15, 0.2) is 4.77 Å². The minimum absolute atomic E-state index is 0.690. The van der Waals surface area contributed by atoms with Crippen LogP contribution in [0.2, 0.25) is 0 Å². The fraction of sp³-hybridized carbons (Fsp3) is 0.400. The van der Waals surface area contributed by atoms with Crippen LogP contribution in [-0.4, -0.2) is 9.55 Å². The van der Waals surface area contributed by atoms with E-state index in [1.165, 1.54) is 0 Å². The van der Waals surface area contributed by atoms with E-state index in [0.717, 1.165) is 6.54 Å². The molecule has 1 heterocycles. The summed E-state index contributed by atoms with van der Waals surface area (Å²) >= 11 is 4.90. The first kappa shape index (κ1) is 6.35. The van der Waals surface area contributed by atoms with Crippen molar-refractivity contribution in [3.8, 4) is 0 Å². The number of nitrogens with zero attached hydrogens (tertiary/aromatic N) is 1. The first-order valence-electron chi connectivity index (χ1n) is 2.79. The summed E-state index contributed by atoms with van der Waals surface area (Å²) in [7, 11) is 0. The number of hydrogen-bond donors (Lipinski definition) is 2. The predicted octanol–water partition coefficient (Wildman–Crippen LogP) is 1.15. The van der Waals surface area contributed by atoms with Gasteiger partial charge in [-0.15, -0.1) is 0 Å². The van der Waals surface area contributed by atoms with Crippen molar-refractivity contribution in [1.29, 1.82) is 0 Å². The summed E-state index contributed by atoms with van der Waals surface area (Å²) in [5.41, 5.74) is 5.52. The van der Waals surface area contributed by atoms with Crippen LogP contribution < -0.4 is 5.73 Å². The first-order chi connectivity index (χ1) is 4.25. The first-order valence-corrected chi connectivity index (χ1v) is 3.20. The van der Waals surface area contributed by atoms with Crippen LogP contribution in [0.3, 0.4) is 0 Å². The number of aromatic nitrogens is 2. The molecule has 0 atom stereocenters. The number of nitrogens with two attached hydrogens (primary N) is 1. The number of imidazole rings is 1. The highest BCUT2D eigenvalue weighted by Gasteiger charge is 1.93. The molecular weight excluding hydrogens is 134 g/mol. The van der Waals surface area contributed by atoms with Gasteiger partial charge in [0.2, 0.25) is 0 Å². The van der Waals surface area contributed by atoms with E-state index >= 15 is 0 Å². The average Bonchev–Trinajstić information content (AvgIpc) is 2.12. The number of aromatic amines is 1. The van der Waals surface area contributed by atoms with Crippen molar-refractivity contribution in [2.24, 2.45) is 0 Å². The Balaban J connectivity index is 3.23. The third kappa shape index (κ3) is 0.977. The van der Waals surface area contributed by atoms with Gasteiger partial charge in [-0.3, -0.25) is 0 Å². The van der Waals surface area contributed by atoms with E-state index in [0.29, 0.717) is 10.6 Å². The van der Waals surface area contributed by atoms with E-state index in [9.17, 15) is 0 Å². The minimum Gasteiger partial charge on any atom is -0.384 e. The second kappa shape index (κ2) is 2.23. The second-order valence-corrected chi connectivity index (χ2v) is 2.15. The van der Waals surface area contributed by atoms with Crippen molar-refractivity contribution < 1.29 is 0 Å². The highest BCUT2D eigenvalue weighted by Crippen LogP contribution is 2.00. The van der Waals surface area contributed by atoms with Crippen LogP contribution in [0.4, 0.5) is 5.82 Å². The highest BCUT2D eigenvalue weighted by molar-refractivity contribution is 7.71. The molecule has 0 aliphatic carbocycles. The van der Waals surface area contributed by atoms with Crippen LogP contribution in [-0.2, 0) is 6.54 Å². The topological polar surface area (TPSA) is 46.7 Å². The lowest BCUT2D eigenvalue weighted by atomic mass is 10.7. The number of rotatable bonds is 1. The Morgan fingerprint density at radius 2 is 2.56 bits per heavy atom. The molecule has 3 nitrogen and oxygen atoms in total. The number of nitrogen functional groups attached to an aromatic ring is 1. The molecule has 0 fully saturated rings. The smallest absolute Gasteiger partial charge is 0.178 e. The molecule has 50 valence electrons. The molecule has 4 heteroatoms. The summed E-state index contributed by atoms with van der Waals surface area (Å²) in [5, 5.41) is 0. The van der Waals surface area contributed by atoms with E-state index in [2.05, 4.69) is 4.98 Å². The third-order valence-electron chi connectivity index (χ3n) is 1.22. The van der Waals surface area contributed by atoms with Gasteiger partial charge in [0, 0.05) is 12.7 Å². The lowest BCUT2D eigenvalue weighted by molar-refractivity contribution is 0.759. The van der Waals surface area contributed by atoms with Crippen LogP contribution in [0.1, 0.15) is 6.92 Å². The van der Waals surface area contributed by atoms with Crippen molar-refractivity contribution in [2.75, 3.05) is 5.73 Å². The van der Waals surface area contributed by atoms with Gasteiger partial charge in [-0.05, 0) is 19.1 Å². The van der Waals surface area contributed by atoms with Crippen molar-refractivity contribution in [2.45, 2.75) is 13.5 Å². The fourth-order valence-corrected chi connectivity index (χ4v) is 1.03. The molecule has 0 saturated heterocycles. The molecule has 0 aromatic carbocycles. The van der Waals surface area contributed by atoms with Crippen LogP contribution in [0, 0.1) is 4.77 Å². The standard InChI is InChI=1S/C5H9N3S/c1-2-8-4(6)3-7-5(8)9/h3H,2,6H2,1H3,(H,7,9). The summed E-state index contributed by atoms with van der Waals surface area (Å²) in [6.45, 7) is 2.83. The van der Waals surface area contributed by atoms with Crippen LogP contribution in [0.15, 0.2) is 6.20 Å². The number of anilines is 1. The molecule has 0 aliphatic rings. The molecule has 1 rings (SSSR count). The maximum atomic E-state index is 5.52. The minimum atomic E-state index is 0.690. The Morgan fingerprint density at radius 1 is 1.89 bits per heavy atom. The normalized spacial score (nSPS) is 9.89. The lowest BCUT2D eigenvalue weighted by Gasteiger charge is -1.96. The van der Waals surface area contributed by atoms with E-state index in [1.54, 1.807) is 6.20 Å². The van der Waals surface area contributed by atoms with Gasteiger partial charge in [0.1, 0.15) is 5.82 Å². The Kier molecular flexibility index (Phi) is 1.57. The summed E-state index contributed by atoms with van der Waals surface area (Å²) in [6, 6.07) is 0. The average molecular weight is 143 g/mol. The number of H-pyrrole nitrogens is 1. The second-order valence-electron chi connectivity index (χ2n) is 1.76. The summed E-state index contributed by atoms with van der Waals surface area (Å²) in [5.74, 6) is 0.697. The number of hydrogen-bond acceptors (Lipinski definition) is 2. The zero-order valence-corrected chi connectivity index (χ0v) is 6.03. The maximum Gasteiger partial charge on any atom is 0.178 e. The van der Waals surface area contributed by atoms with Crippen molar-refractivity contribution in [3.63, 3.8) is 0 Å². The van der Waals surface area contributed by atoms with Crippen molar-refractivity contribution >= 4 is 18.0 Å². The SMILES string of the molecule is CCn1c(N)c[nH]c1=S. The fourth-order valence-electron chi connectivity index (χ4n) is 0.735. The van der Waals surface area contributed by atoms with E-state index < -0.39 is 0 Å². The van der Waals surface area contributed by atoms with E-state index in [-0.39, 0.29) is 0 Å².